The normalized spacial score (nSPS) is 14.4. The molecule has 0 bridgehead atoms. The molecule has 35 heavy (non-hydrogen) atoms. The van der Waals surface area contributed by atoms with Gasteiger partial charge in [0.2, 0.25) is 5.43 Å². The molecule has 1 aromatic heterocycles. The van der Waals surface area contributed by atoms with E-state index in [4.69, 9.17) is 4.74 Å². The van der Waals surface area contributed by atoms with Gasteiger partial charge in [0.1, 0.15) is 22.7 Å². The van der Waals surface area contributed by atoms with Crippen LogP contribution in [-0.4, -0.2) is 60.2 Å². The van der Waals surface area contributed by atoms with Crippen LogP contribution in [-0.2, 0) is 4.74 Å². The molecule has 12 heteroatoms. The molecule has 2 heterocycles. The lowest BCUT2D eigenvalue weighted by Gasteiger charge is -2.34. The van der Waals surface area contributed by atoms with Gasteiger partial charge < -0.3 is 19.1 Å². The monoisotopic (exact) mass is 490 g/mol. The van der Waals surface area contributed by atoms with Crippen molar-refractivity contribution in [2.75, 3.05) is 44.7 Å². The third kappa shape index (κ3) is 4.32. The Balaban J connectivity index is 2.14. The minimum absolute atomic E-state index is 0.0852. The molecule has 0 radical (unpaired) electrons. The lowest BCUT2D eigenvalue weighted by Crippen LogP contribution is -2.45. The highest BCUT2D eigenvalue weighted by Gasteiger charge is 2.33. The third-order valence-corrected chi connectivity index (χ3v) is 5.86. The second kappa shape index (κ2) is 9.37. The SMILES string of the molecule is CCOC(=O)c1cn(-c2ccc(F)cc2F)c2c([N+](=O)[O-])c(N3CCN(C)CC3)c(F)cc2c1=O. The van der Waals surface area contributed by atoms with E-state index in [2.05, 4.69) is 0 Å². The third-order valence-electron chi connectivity index (χ3n) is 5.86. The summed E-state index contributed by atoms with van der Waals surface area (Å²) >= 11 is 0. The first kappa shape index (κ1) is 24.2. The summed E-state index contributed by atoms with van der Waals surface area (Å²) in [5, 5.41) is 11.8. The van der Waals surface area contributed by atoms with E-state index >= 15 is 4.39 Å². The summed E-state index contributed by atoms with van der Waals surface area (Å²) in [6, 6.07) is 3.29. The quantitative estimate of drug-likeness (QED) is 0.308. The molecule has 1 saturated heterocycles. The van der Waals surface area contributed by atoms with Crippen molar-refractivity contribution in [2.24, 2.45) is 0 Å². The Labute approximate surface area is 197 Å². The van der Waals surface area contributed by atoms with E-state index in [1.54, 1.807) is 0 Å². The van der Waals surface area contributed by atoms with Crippen molar-refractivity contribution < 1.29 is 27.6 Å². The van der Waals surface area contributed by atoms with Crippen LogP contribution in [0.25, 0.3) is 16.6 Å². The molecule has 0 atom stereocenters. The molecule has 1 fully saturated rings. The maximum absolute atomic E-state index is 15.4. The summed E-state index contributed by atoms with van der Waals surface area (Å²) in [6.45, 7) is 2.99. The van der Waals surface area contributed by atoms with Crippen molar-refractivity contribution in [3.05, 3.63) is 73.8 Å². The van der Waals surface area contributed by atoms with Crippen molar-refractivity contribution in [3.8, 4) is 5.69 Å². The number of benzene rings is 2. The first-order valence-corrected chi connectivity index (χ1v) is 10.8. The summed E-state index contributed by atoms with van der Waals surface area (Å²) in [5.74, 6) is -4.11. The number of carbonyl (C=O) groups excluding carboxylic acids is 1. The van der Waals surface area contributed by atoms with Gasteiger partial charge in [-0.25, -0.2) is 18.0 Å². The first-order chi connectivity index (χ1) is 16.6. The number of likely N-dealkylation sites (N-methyl/N-ethyl adjacent to an activating group) is 1. The van der Waals surface area contributed by atoms with Gasteiger partial charge in [-0.15, -0.1) is 0 Å². The Bertz CT molecular complexity index is 1400. The van der Waals surface area contributed by atoms with E-state index in [0.717, 1.165) is 29.0 Å². The molecule has 2 aromatic carbocycles. The van der Waals surface area contributed by atoms with Crippen LogP contribution in [0.4, 0.5) is 24.5 Å². The molecule has 0 spiro atoms. The van der Waals surface area contributed by atoms with Crippen LogP contribution in [0.15, 0.2) is 35.3 Å². The Morgan fingerprint density at radius 3 is 2.40 bits per heavy atom. The van der Waals surface area contributed by atoms with Crippen molar-refractivity contribution >= 4 is 28.2 Å². The summed E-state index contributed by atoms with van der Waals surface area (Å²) in [5.41, 5.74) is -3.50. The van der Waals surface area contributed by atoms with Gasteiger partial charge in [0, 0.05) is 38.4 Å². The Hall–Kier alpha value is -3.93. The van der Waals surface area contributed by atoms with E-state index in [9.17, 15) is 28.5 Å². The molecule has 1 aliphatic rings. The van der Waals surface area contributed by atoms with Crippen LogP contribution in [0, 0.1) is 27.6 Å². The van der Waals surface area contributed by atoms with Crippen LogP contribution >= 0.6 is 0 Å². The van der Waals surface area contributed by atoms with Gasteiger partial charge in [-0.1, -0.05) is 0 Å². The number of anilines is 1. The maximum Gasteiger partial charge on any atom is 0.343 e. The number of pyridine rings is 1. The average Bonchev–Trinajstić information content (AvgIpc) is 2.80. The minimum Gasteiger partial charge on any atom is -0.462 e. The highest BCUT2D eigenvalue weighted by molar-refractivity contribution is 6.00. The Morgan fingerprint density at radius 2 is 1.80 bits per heavy atom. The van der Waals surface area contributed by atoms with Crippen LogP contribution < -0.4 is 10.3 Å². The fourth-order valence-corrected chi connectivity index (χ4v) is 4.16. The number of fused-ring (bicyclic) bond motifs is 1. The van der Waals surface area contributed by atoms with Crippen molar-refractivity contribution in [2.45, 2.75) is 6.92 Å². The van der Waals surface area contributed by atoms with Crippen molar-refractivity contribution in [3.63, 3.8) is 0 Å². The molecule has 0 saturated carbocycles. The lowest BCUT2D eigenvalue weighted by molar-refractivity contribution is -0.382. The molecule has 4 rings (SSSR count). The molecule has 9 nitrogen and oxygen atoms in total. The number of nitro groups is 1. The van der Waals surface area contributed by atoms with Gasteiger partial charge in [-0.05, 0) is 32.2 Å². The number of esters is 1. The fraction of sp³-hybridized carbons (Fsp3) is 0.304. The average molecular weight is 490 g/mol. The topological polar surface area (TPSA) is 97.9 Å². The van der Waals surface area contributed by atoms with E-state index in [1.165, 1.54) is 11.8 Å². The molecular weight excluding hydrogens is 469 g/mol. The molecule has 184 valence electrons. The summed E-state index contributed by atoms with van der Waals surface area (Å²) in [4.78, 5) is 40.5. The smallest absolute Gasteiger partial charge is 0.343 e. The molecule has 0 unspecified atom stereocenters. The number of hydrogen-bond donors (Lipinski definition) is 0. The zero-order valence-electron chi connectivity index (χ0n) is 18.9. The summed E-state index contributed by atoms with van der Waals surface area (Å²) in [6.07, 6.45) is 0.900. The Kier molecular flexibility index (Phi) is 6.48. The number of rotatable bonds is 5. The highest BCUT2D eigenvalue weighted by atomic mass is 19.1. The predicted octanol–water partition coefficient (Wildman–Crippen LogP) is 3.24. The zero-order valence-corrected chi connectivity index (χ0v) is 18.9. The van der Waals surface area contributed by atoms with Crippen molar-refractivity contribution in [1.82, 2.24) is 9.47 Å². The van der Waals surface area contributed by atoms with Gasteiger partial charge in [0.05, 0.1) is 22.6 Å². The van der Waals surface area contributed by atoms with Gasteiger partial charge in [0.15, 0.2) is 11.5 Å². The summed E-state index contributed by atoms with van der Waals surface area (Å²) in [7, 11) is 1.86. The largest absolute Gasteiger partial charge is 0.462 e. The first-order valence-electron chi connectivity index (χ1n) is 10.8. The van der Waals surface area contributed by atoms with Gasteiger partial charge >= 0.3 is 11.7 Å². The van der Waals surface area contributed by atoms with Gasteiger partial charge in [-0.3, -0.25) is 14.9 Å². The fourth-order valence-electron chi connectivity index (χ4n) is 4.16. The number of carbonyl (C=O) groups is 1. The standard InChI is InChI=1S/C23H21F3N4O5/c1-3-35-23(32)15-12-29(18-5-4-13(24)10-16(18)25)19-14(22(15)31)11-17(26)20(21(19)30(33)34)28-8-6-27(2)7-9-28/h4-5,10-12H,3,6-9H2,1-2H3. The number of aromatic nitrogens is 1. The molecule has 1 aliphatic heterocycles. The van der Waals surface area contributed by atoms with E-state index in [1.807, 2.05) is 11.9 Å². The number of nitrogens with zero attached hydrogens (tertiary/aromatic N) is 4. The summed E-state index contributed by atoms with van der Waals surface area (Å²) < 4.78 is 49.6. The number of ether oxygens (including phenoxy) is 1. The molecular formula is C23H21F3N4O5. The number of hydrogen-bond acceptors (Lipinski definition) is 7. The van der Waals surface area contributed by atoms with Gasteiger partial charge in [0.25, 0.3) is 0 Å². The predicted molar refractivity (Wildman–Crippen MR) is 122 cm³/mol. The molecule has 0 amide bonds. The number of nitro benzene ring substituents is 1. The molecule has 0 aliphatic carbocycles. The van der Waals surface area contributed by atoms with Gasteiger partial charge in [-0.2, -0.15) is 0 Å². The second-order valence-electron chi connectivity index (χ2n) is 8.06. The van der Waals surface area contributed by atoms with Crippen LogP contribution in [0.2, 0.25) is 0 Å². The number of halogens is 3. The minimum atomic E-state index is -1.11. The second-order valence-corrected chi connectivity index (χ2v) is 8.06. The lowest BCUT2D eigenvalue weighted by atomic mass is 10.1. The number of piperazine rings is 1. The van der Waals surface area contributed by atoms with Crippen LogP contribution in [0.1, 0.15) is 17.3 Å². The molecule has 0 N–H and O–H groups in total. The van der Waals surface area contributed by atoms with E-state index in [0.29, 0.717) is 19.2 Å². The maximum atomic E-state index is 15.4. The van der Waals surface area contributed by atoms with Crippen LogP contribution in [0.3, 0.4) is 0 Å². The van der Waals surface area contributed by atoms with Crippen molar-refractivity contribution in [1.29, 1.82) is 0 Å². The van der Waals surface area contributed by atoms with E-state index in [-0.39, 0.29) is 31.1 Å². The molecule has 3 aromatic rings. The Morgan fingerprint density at radius 1 is 1.11 bits per heavy atom. The van der Waals surface area contributed by atoms with Crippen LogP contribution in [0.5, 0.6) is 0 Å². The van der Waals surface area contributed by atoms with E-state index < -0.39 is 55.9 Å². The zero-order chi connectivity index (χ0) is 25.4. The highest BCUT2D eigenvalue weighted by Crippen LogP contribution is 2.39.